The minimum absolute atomic E-state index is 0.146. The van der Waals surface area contributed by atoms with E-state index in [4.69, 9.17) is 0 Å². The van der Waals surface area contributed by atoms with Gasteiger partial charge in [0.05, 0.1) is 18.1 Å². The number of halogens is 1. The van der Waals surface area contributed by atoms with Crippen LogP contribution in [0.4, 0.5) is 15.9 Å². The van der Waals surface area contributed by atoms with Crippen molar-refractivity contribution < 1.29 is 4.39 Å². The fraction of sp³-hybridized carbons (Fsp3) is 0.125. The van der Waals surface area contributed by atoms with Gasteiger partial charge in [-0.25, -0.2) is 14.4 Å². The van der Waals surface area contributed by atoms with Crippen LogP contribution in [0.5, 0.6) is 0 Å². The maximum absolute atomic E-state index is 13.1. The predicted octanol–water partition coefficient (Wildman–Crippen LogP) is 1.09. The molecule has 5 nitrogen and oxygen atoms in total. The number of aromatic nitrogens is 4. The largest absolute Gasteiger partial charge is 0.335 e. The van der Waals surface area contributed by atoms with E-state index in [0.29, 0.717) is 5.69 Å². The van der Waals surface area contributed by atoms with Crippen LogP contribution in [-0.2, 0) is 7.05 Å². The minimum atomic E-state index is -0.489. The number of nitrogens with zero attached hydrogens (tertiary/aromatic N) is 4. The van der Waals surface area contributed by atoms with Gasteiger partial charge in [0.15, 0.2) is 11.6 Å². The second kappa shape index (κ2) is 3.41. The fourth-order valence-electron chi connectivity index (χ4n) is 1.03. The van der Waals surface area contributed by atoms with Gasteiger partial charge in [-0.2, -0.15) is 5.10 Å². The normalized spacial score (nSPS) is 10.1. The molecule has 0 amide bonds. The van der Waals surface area contributed by atoms with Gasteiger partial charge in [-0.15, -0.1) is 0 Å². The van der Waals surface area contributed by atoms with Crippen molar-refractivity contribution >= 4 is 11.5 Å². The van der Waals surface area contributed by atoms with Gasteiger partial charge in [0, 0.05) is 13.2 Å². The van der Waals surface area contributed by atoms with E-state index in [1.54, 1.807) is 24.1 Å². The van der Waals surface area contributed by atoms with Gasteiger partial charge in [0.25, 0.3) is 0 Å². The molecule has 72 valence electrons. The summed E-state index contributed by atoms with van der Waals surface area (Å²) in [5.41, 5.74) is 0.685. The Hall–Kier alpha value is -1.98. The minimum Gasteiger partial charge on any atom is -0.335 e. The molecule has 0 bridgehead atoms. The Kier molecular flexibility index (Phi) is 2.10. The van der Waals surface area contributed by atoms with Gasteiger partial charge in [0.2, 0.25) is 0 Å². The van der Waals surface area contributed by atoms with Crippen LogP contribution in [0.3, 0.4) is 0 Å². The molecule has 0 fully saturated rings. The van der Waals surface area contributed by atoms with Crippen molar-refractivity contribution in [1.82, 2.24) is 19.7 Å². The Bertz CT molecular complexity index is 439. The first-order valence-corrected chi connectivity index (χ1v) is 3.97. The Morgan fingerprint density at radius 2 is 2.29 bits per heavy atom. The number of hydrogen-bond acceptors (Lipinski definition) is 4. The third-order valence-electron chi connectivity index (χ3n) is 1.64. The molecule has 0 aromatic carbocycles. The van der Waals surface area contributed by atoms with Crippen LogP contribution in [0.15, 0.2) is 24.9 Å². The van der Waals surface area contributed by atoms with Crippen LogP contribution >= 0.6 is 0 Å². The van der Waals surface area contributed by atoms with E-state index < -0.39 is 5.82 Å². The average molecular weight is 193 g/mol. The molecule has 1 N–H and O–H groups in total. The van der Waals surface area contributed by atoms with E-state index >= 15 is 0 Å². The zero-order valence-corrected chi connectivity index (χ0v) is 7.48. The van der Waals surface area contributed by atoms with Gasteiger partial charge < -0.3 is 5.32 Å². The smallest absolute Gasteiger partial charge is 0.184 e. The highest BCUT2D eigenvalue weighted by Crippen LogP contribution is 2.14. The molecule has 0 saturated carbocycles. The van der Waals surface area contributed by atoms with Crippen molar-refractivity contribution in [2.75, 3.05) is 5.32 Å². The topological polar surface area (TPSA) is 55.6 Å². The quantitative estimate of drug-likeness (QED) is 0.775. The predicted molar refractivity (Wildman–Crippen MR) is 48.5 cm³/mol. The SMILES string of the molecule is Cn1cc(Nc2ncncc2F)cn1. The first-order chi connectivity index (χ1) is 6.75. The molecule has 0 aliphatic carbocycles. The van der Waals surface area contributed by atoms with Crippen molar-refractivity contribution in [3.05, 3.63) is 30.7 Å². The summed E-state index contributed by atoms with van der Waals surface area (Å²) < 4.78 is 14.7. The van der Waals surface area contributed by atoms with Crippen LogP contribution < -0.4 is 5.32 Å². The number of rotatable bonds is 2. The first kappa shape index (κ1) is 8.61. The van der Waals surface area contributed by atoms with E-state index in [-0.39, 0.29) is 5.82 Å². The van der Waals surface area contributed by atoms with E-state index in [1.165, 1.54) is 6.33 Å². The summed E-state index contributed by atoms with van der Waals surface area (Å²) in [5.74, 6) is -0.343. The summed E-state index contributed by atoms with van der Waals surface area (Å²) in [6.45, 7) is 0. The first-order valence-electron chi connectivity index (χ1n) is 3.97. The molecule has 2 aromatic heterocycles. The second-order valence-corrected chi connectivity index (χ2v) is 2.75. The van der Waals surface area contributed by atoms with E-state index in [1.807, 2.05) is 0 Å². The van der Waals surface area contributed by atoms with Crippen LogP contribution in [0.25, 0.3) is 0 Å². The standard InChI is InChI=1S/C8H8FN5/c1-14-4-6(2-12-14)13-8-7(9)3-10-5-11-8/h2-5H,1H3,(H,10,11,13). The van der Waals surface area contributed by atoms with Crippen molar-refractivity contribution in [3.63, 3.8) is 0 Å². The third-order valence-corrected chi connectivity index (χ3v) is 1.64. The summed E-state index contributed by atoms with van der Waals surface area (Å²) in [5, 5.41) is 6.71. The molecule has 0 aliphatic heterocycles. The zero-order chi connectivity index (χ0) is 9.97. The number of nitrogens with one attached hydrogen (secondary N) is 1. The highest BCUT2D eigenvalue weighted by atomic mass is 19.1. The van der Waals surface area contributed by atoms with E-state index in [2.05, 4.69) is 20.4 Å². The Labute approximate surface area is 79.6 Å². The van der Waals surface area contributed by atoms with Crippen LogP contribution in [0, 0.1) is 5.82 Å². The van der Waals surface area contributed by atoms with Crippen molar-refractivity contribution in [2.45, 2.75) is 0 Å². The molecule has 0 spiro atoms. The molecule has 14 heavy (non-hydrogen) atoms. The van der Waals surface area contributed by atoms with Crippen molar-refractivity contribution in [3.8, 4) is 0 Å². The molecule has 0 unspecified atom stereocenters. The highest BCUT2D eigenvalue weighted by molar-refractivity contribution is 5.53. The second-order valence-electron chi connectivity index (χ2n) is 2.75. The van der Waals surface area contributed by atoms with Gasteiger partial charge in [-0.3, -0.25) is 4.68 Å². The Balaban J connectivity index is 2.23. The molecule has 2 heterocycles. The van der Waals surface area contributed by atoms with Crippen LogP contribution in [0.2, 0.25) is 0 Å². The van der Waals surface area contributed by atoms with Gasteiger partial charge in [0.1, 0.15) is 6.33 Å². The Morgan fingerprint density at radius 1 is 1.43 bits per heavy atom. The van der Waals surface area contributed by atoms with Gasteiger partial charge >= 0.3 is 0 Å². The van der Waals surface area contributed by atoms with Crippen LogP contribution in [0.1, 0.15) is 0 Å². The molecule has 0 radical (unpaired) electrons. The Morgan fingerprint density at radius 3 is 2.93 bits per heavy atom. The van der Waals surface area contributed by atoms with Gasteiger partial charge in [-0.05, 0) is 0 Å². The number of aryl methyl sites for hydroxylation is 1. The summed E-state index contributed by atoms with van der Waals surface area (Å²) in [4.78, 5) is 7.29. The average Bonchev–Trinajstić information content (AvgIpc) is 2.56. The lowest BCUT2D eigenvalue weighted by atomic mass is 10.5. The summed E-state index contributed by atoms with van der Waals surface area (Å²) in [6, 6.07) is 0. The lowest BCUT2D eigenvalue weighted by Gasteiger charge is -2.01. The van der Waals surface area contributed by atoms with Crippen LogP contribution in [-0.4, -0.2) is 19.7 Å². The lowest BCUT2D eigenvalue weighted by molar-refractivity contribution is 0.618. The molecular weight excluding hydrogens is 185 g/mol. The van der Waals surface area contributed by atoms with Crippen molar-refractivity contribution in [1.29, 1.82) is 0 Å². The monoisotopic (exact) mass is 193 g/mol. The number of anilines is 2. The summed E-state index contributed by atoms with van der Waals surface area (Å²) in [7, 11) is 1.78. The fourth-order valence-corrected chi connectivity index (χ4v) is 1.03. The highest BCUT2D eigenvalue weighted by Gasteiger charge is 2.03. The molecule has 0 saturated heterocycles. The molecular formula is C8H8FN5. The zero-order valence-electron chi connectivity index (χ0n) is 7.48. The van der Waals surface area contributed by atoms with E-state index in [9.17, 15) is 4.39 Å². The lowest BCUT2D eigenvalue weighted by Crippen LogP contribution is -1.96. The molecule has 6 heteroatoms. The third kappa shape index (κ3) is 1.68. The van der Waals surface area contributed by atoms with E-state index in [0.717, 1.165) is 6.20 Å². The number of hydrogen-bond donors (Lipinski definition) is 1. The molecule has 2 aromatic rings. The summed E-state index contributed by atoms with van der Waals surface area (Å²) in [6.07, 6.45) is 5.69. The molecule has 0 atom stereocenters. The molecule has 0 aliphatic rings. The van der Waals surface area contributed by atoms with Gasteiger partial charge in [-0.1, -0.05) is 0 Å². The summed E-state index contributed by atoms with van der Waals surface area (Å²) >= 11 is 0. The maximum atomic E-state index is 13.1. The molecule has 2 rings (SSSR count). The maximum Gasteiger partial charge on any atom is 0.184 e. The van der Waals surface area contributed by atoms with Crippen molar-refractivity contribution in [2.24, 2.45) is 7.05 Å².